The van der Waals surface area contributed by atoms with Crippen LogP contribution in [0.15, 0.2) is 47.4 Å². The minimum absolute atomic E-state index is 0.145. The van der Waals surface area contributed by atoms with E-state index in [9.17, 15) is 18.0 Å². The first kappa shape index (κ1) is 20.4. The zero-order valence-corrected chi connectivity index (χ0v) is 16.0. The van der Waals surface area contributed by atoms with Crippen molar-refractivity contribution in [2.75, 3.05) is 12.4 Å². The van der Waals surface area contributed by atoms with Crippen molar-refractivity contribution in [2.24, 2.45) is 0 Å². The number of aryl methyl sites for hydroxylation is 1. The fraction of sp³-hybridized carbons (Fsp3) is 0.222. The smallest absolute Gasteiger partial charge is 0.266 e. The molecule has 2 aromatic carbocycles. The molecule has 27 heavy (non-hydrogen) atoms. The Balaban J connectivity index is 2.15. The number of carbonyl (C=O) groups is 2. The zero-order chi connectivity index (χ0) is 20.0. The predicted octanol–water partition coefficient (Wildman–Crippen LogP) is 1.84. The van der Waals surface area contributed by atoms with Crippen molar-refractivity contribution in [3.63, 3.8) is 0 Å². The Hall–Kier alpha value is -2.91. The molecule has 0 aromatic heterocycles. The number of nitrogens with one attached hydrogen (secondary N) is 3. The number of sulfonamides is 1. The van der Waals surface area contributed by atoms with Gasteiger partial charge < -0.3 is 10.1 Å². The van der Waals surface area contributed by atoms with Crippen LogP contribution in [0, 0.1) is 0 Å². The van der Waals surface area contributed by atoms with E-state index in [4.69, 9.17) is 4.74 Å². The van der Waals surface area contributed by atoms with E-state index in [-0.39, 0.29) is 16.5 Å². The minimum Gasteiger partial charge on any atom is -0.495 e. The van der Waals surface area contributed by atoms with Crippen LogP contribution < -0.4 is 20.3 Å². The molecule has 2 amide bonds. The molecule has 9 heteroatoms. The van der Waals surface area contributed by atoms with Gasteiger partial charge in [-0.3, -0.25) is 15.0 Å². The fourth-order valence-corrected chi connectivity index (χ4v) is 3.14. The van der Waals surface area contributed by atoms with Crippen LogP contribution in [-0.2, 0) is 21.2 Å². The van der Waals surface area contributed by atoms with Crippen LogP contribution >= 0.6 is 0 Å². The maximum atomic E-state index is 12.4. The van der Waals surface area contributed by atoms with Gasteiger partial charge in [0.05, 0.1) is 17.7 Å². The van der Waals surface area contributed by atoms with Crippen molar-refractivity contribution >= 4 is 27.5 Å². The van der Waals surface area contributed by atoms with E-state index >= 15 is 0 Å². The van der Waals surface area contributed by atoms with E-state index in [0.29, 0.717) is 11.3 Å². The summed E-state index contributed by atoms with van der Waals surface area (Å²) in [7, 11) is -2.65. The van der Waals surface area contributed by atoms with Crippen LogP contribution in [0.5, 0.6) is 5.75 Å². The summed E-state index contributed by atoms with van der Waals surface area (Å²) in [6.07, 6.45) is 0.836. The van der Waals surface area contributed by atoms with Crippen molar-refractivity contribution in [1.82, 2.24) is 10.3 Å². The van der Waals surface area contributed by atoms with Crippen LogP contribution in [0.1, 0.15) is 29.8 Å². The third-order valence-electron chi connectivity index (χ3n) is 3.72. The van der Waals surface area contributed by atoms with Gasteiger partial charge in [-0.1, -0.05) is 19.1 Å². The molecule has 0 saturated carbocycles. The topological polar surface area (TPSA) is 114 Å². The summed E-state index contributed by atoms with van der Waals surface area (Å²) in [6.45, 7) is 3.29. The molecule has 0 heterocycles. The first-order valence-corrected chi connectivity index (χ1v) is 9.62. The second-order valence-electron chi connectivity index (χ2n) is 5.65. The van der Waals surface area contributed by atoms with Gasteiger partial charge in [-0.25, -0.2) is 8.42 Å². The molecule has 0 saturated heterocycles. The number of rotatable bonds is 7. The first-order valence-electron chi connectivity index (χ1n) is 8.13. The van der Waals surface area contributed by atoms with Gasteiger partial charge in [0.1, 0.15) is 5.75 Å². The number of hydrogen-bond acceptors (Lipinski definition) is 5. The average molecular weight is 391 g/mol. The van der Waals surface area contributed by atoms with Crippen LogP contribution in [0.2, 0.25) is 0 Å². The molecular weight excluding hydrogens is 370 g/mol. The summed E-state index contributed by atoms with van der Waals surface area (Å²) in [4.78, 5) is 25.3. The van der Waals surface area contributed by atoms with Crippen LogP contribution in [0.3, 0.4) is 0 Å². The van der Waals surface area contributed by atoms with E-state index < -0.39 is 15.9 Å². The number of ether oxygens (including phenoxy) is 1. The molecule has 0 fully saturated rings. The molecule has 0 aliphatic heterocycles. The number of carbonyl (C=O) groups excluding carboxylic acids is 2. The van der Waals surface area contributed by atoms with E-state index in [2.05, 4.69) is 10.7 Å². The normalized spacial score (nSPS) is 10.9. The van der Waals surface area contributed by atoms with Crippen molar-refractivity contribution in [1.29, 1.82) is 0 Å². The monoisotopic (exact) mass is 391 g/mol. The van der Waals surface area contributed by atoms with Gasteiger partial charge >= 0.3 is 0 Å². The Morgan fingerprint density at radius 2 is 1.74 bits per heavy atom. The minimum atomic E-state index is -4.05. The van der Waals surface area contributed by atoms with Crippen LogP contribution in [-0.4, -0.2) is 27.3 Å². The fourth-order valence-electron chi connectivity index (χ4n) is 2.28. The largest absolute Gasteiger partial charge is 0.495 e. The lowest BCUT2D eigenvalue weighted by Crippen LogP contribution is -2.41. The van der Waals surface area contributed by atoms with Gasteiger partial charge in [-0.15, -0.1) is 4.83 Å². The molecule has 2 aromatic rings. The second-order valence-corrected chi connectivity index (χ2v) is 7.34. The van der Waals surface area contributed by atoms with Crippen molar-refractivity contribution in [2.45, 2.75) is 25.2 Å². The van der Waals surface area contributed by atoms with Crippen molar-refractivity contribution < 1.29 is 22.7 Å². The predicted molar refractivity (Wildman–Crippen MR) is 101 cm³/mol. The Labute approximate surface area is 157 Å². The lowest BCUT2D eigenvalue weighted by molar-refractivity contribution is -0.114. The highest BCUT2D eigenvalue weighted by molar-refractivity contribution is 7.89. The number of anilines is 1. The van der Waals surface area contributed by atoms with Gasteiger partial charge in [0, 0.05) is 12.5 Å². The molecule has 144 valence electrons. The van der Waals surface area contributed by atoms with Gasteiger partial charge in [0.25, 0.3) is 15.9 Å². The van der Waals surface area contributed by atoms with Gasteiger partial charge in [-0.05, 0) is 42.3 Å². The number of benzene rings is 2. The summed E-state index contributed by atoms with van der Waals surface area (Å²) >= 11 is 0. The molecule has 3 N–H and O–H groups in total. The summed E-state index contributed by atoms with van der Waals surface area (Å²) in [5.74, 6) is -0.652. The molecule has 0 aliphatic rings. The summed E-state index contributed by atoms with van der Waals surface area (Å²) in [5, 5.41) is 2.49. The molecule has 0 bridgehead atoms. The maximum absolute atomic E-state index is 12.4. The Kier molecular flexibility index (Phi) is 6.54. The van der Waals surface area contributed by atoms with Crippen LogP contribution in [0.25, 0.3) is 0 Å². The first-order chi connectivity index (χ1) is 12.8. The highest BCUT2D eigenvalue weighted by Gasteiger charge is 2.18. The quantitative estimate of drug-likeness (QED) is 0.623. The summed E-state index contributed by atoms with van der Waals surface area (Å²) < 4.78 is 29.9. The van der Waals surface area contributed by atoms with Crippen molar-refractivity contribution in [3.05, 3.63) is 53.6 Å². The Bertz CT molecular complexity index is 940. The Morgan fingerprint density at radius 1 is 1.07 bits per heavy atom. The average Bonchev–Trinajstić information content (AvgIpc) is 2.65. The molecule has 0 aliphatic carbocycles. The molecule has 0 atom stereocenters. The highest BCUT2D eigenvalue weighted by Crippen LogP contribution is 2.27. The van der Waals surface area contributed by atoms with E-state index in [0.717, 1.165) is 12.0 Å². The highest BCUT2D eigenvalue weighted by atomic mass is 32.2. The third kappa shape index (κ3) is 5.28. The molecule has 0 radical (unpaired) electrons. The standard InChI is InChI=1S/C18H21N3O5S/c1-4-13-5-7-14(8-6-13)18(23)20-21-27(24,25)15-9-10-17(26-3)16(11-15)19-12(2)22/h5-11,21H,4H2,1-3H3,(H,19,22)(H,20,23). The number of hydrazine groups is 1. The SMILES string of the molecule is CCc1ccc(C(=O)NNS(=O)(=O)c2ccc(OC)c(NC(C)=O)c2)cc1. The number of amides is 2. The summed E-state index contributed by atoms with van der Waals surface area (Å²) in [5.41, 5.74) is 3.76. The van der Waals surface area contributed by atoms with Crippen molar-refractivity contribution in [3.8, 4) is 5.75 Å². The molecule has 0 unspecified atom stereocenters. The van der Waals surface area contributed by atoms with E-state index in [1.165, 1.54) is 32.2 Å². The van der Waals surface area contributed by atoms with Gasteiger partial charge in [-0.2, -0.15) is 0 Å². The molecule has 8 nitrogen and oxygen atoms in total. The van der Waals surface area contributed by atoms with E-state index in [1.807, 2.05) is 11.8 Å². The lowest BCUT2D eigenvalue weighted by Gasteiger charge is -2.12. The second kappa shape index (κ2) is 8.65. The number of methoxy groups -OCH3 is 1. The zero-order valence-electron chi connectivity index (χ0n) is 15.2. The molecule has 0 spiro atoms. The maximum Gasteiger partial charge on any atom is 0.266 e. The van der Waals surface area contributed by atoms with Gasteiger partial charge in [0.15, 0.2) is 0 Å². The molecular formula is C18H21N3O5S. The van der Waals surface area contributed by atoms with E-state index in [1.54, 1.807) is 24.3 Å². The van der Waals surface area contributed by atoms with Gasteiger partial charge in [0.2, 0.25) is 5.91 Å². The lowest BCUT2D eigenvalue weighted by atomic mass is 10.1. The number of hydrogen-bond donors (Lipinski definition) is 3. The van der Waals surface area contributed by atoms with Crippen LogP contribution in [0.4, 0.5) is 5.69 Å². The molecule has 2 rings (SSSR count). The Morgan fingerprint density at radius 3 is 2.30 bits per heavy atom. The third-order valence-corrected chi connectivity index (χ3v) is 4.96. The summed E-state index contributed by atoms with van der Waals surface area (Å²) in [6, 6.07) is 10.8.